The van der Waals surface area contributed by atoms with Gasteiger partial charge in [-0.3, -0.25) is 4.79 Å². The maximum absolute atomic E-state index is 11.6. The van der Waals surface area contributed by atoms with Crippen molar-refractivity contribution in [1.82, 2.24) is 0 Å². The zero-order chi connectivity index (χ0) is 12.7. The zero-order valence-corrected chi connectivity index (χ0v) is 11.3. The number of methoxy groups -OCH3 is 1. The normalized spacial score (nSPS) is 11.9. The van der Waals surface area contributed by atoms with Crippen molar-refractivity contribution in [2.45, 2.75) is 30.4 Å². The van der Waals surface area contributed by atoms with Crippen LogP contribution >= 0.6 is 11.8 Å². The monoisotopic (exact) mass is 254 g/mol. The predicted octanol–water partition coefficient (Wildman–Crippen LogP) is 3.13. The van der Waals surface area contributed by atoms with Gasteiger partial charge in [0.1, 0.15) is 11.0 Å². The highest BCUT2D eigenvalue weighted by molar-refractivity contribution is 8.00. The van der Waals surface area contributed by atoms with Gasteiger partial charge < -0.3 is 9.47 Å². The zero-order valence-electron chi connectivity index (χ0n) is 10.4. The van der Waals surface area contributed by atoms with Crippen LogP contribution in [0.25, 0.3) is 0 Å². The Kier molecular flexibility index (Phi) is 5.91. The first-order valence-corrected chi connectivity index (χ1v) is 6.56. The van der Waals surface area contributed by atoms with Crippen LogP contribution in [0.2, 0.25) is 0 Å². The van der Waals surface area contributed by atoms with E-state index >= 15 is 0 Å². The van der Waals surface area contributed by atoms with Gasteiger partial charge in [-0.05, 0) is 37.6 Å². The molecule has 0 radical (unpaired) electrons. The van der Waals surface area contributed by atoms with Gasteiger partial charge in [-0.2, -0.15) is 0 Å². The molecule has 1 unspecified atom stereocenters. The Morgan fingerprint density at radius 1 is 1.29 bits per heavy atom. The van der Waals surface area contributed by atoms with Crippen molar-refractivity contribution >= 4 is 17.7 Å². The number of rotatable bonds is 6. The highest BCUT2D eigenvalue weighted by Crippen LogP contribution is 2.27. The lowest BCUT2D eigenvalue weighted by atomic mass is 10.3. The minimum Gasteiger partial charge on any atom is -0.497 e. The smallest absolute Gasteiger partial charge is 0.319 e. The fourth-order valence-corrected chi connectivity index (χ4v) is 2.30. The van der Waals surface area contributed by atoms with Crippen LogP contribution in [0.4, 0.5) is 0 Å². The Morgan fingerprint density at radius 3 is 2.41 bits per heavy atom. The molecule has 1 atom stereocenters. The van der Waals surface area contributed by atoms with Gasteiger partial charge in [0, 0.05) is 4.90 Å². The Labute approximate surface area is 106 Å². The molecule has 17 heavy (non-hydrogen) atoms. The second kappa shape index (κ2) is 7.22. The molecule has 0 heterocycles. The summed E-state index contributed by atoms with van der Waals surface area (Å²) in [5, 5.41) is -0.136. The van der Waals surface area contributed by atoms with Crippen molar-refractivity contribution in [3.63, 3.8) is 0 Å². The van der Waals surface area contributed by atoms with E-state index in [0.717, 1.165) is 17.1 Å². The Hall–Kier alpha value is -1.16. The molecule has 94 valence electrons. The van der Waals surface area contributed by atoms with Gasteiger partial charge >= 0.3 is 5.97 Å². The summed E-state index contributed by atoms with van der Waals surface area (Å²) in [6.45, 7) is 4.24. The molecule has 0 N–H and O–H groups in total. The number of carbonyl (C=O) groups is 1. The Morgan fingerprint density at radius 2 is 1.94 bits per heavy atom. The molecule has 0 bridgehead atoms. The molecular weight excluding hydrogens is 236 g/mol. The first kappa shape index (κ1) is 13.9. The van der Waals surface area contributed by atoms with Crippen molar-refractivity contribution in [2.24, 2.45) is 0 Å². The maximum atomic E-state index is 11.6. The van der Waals surface area contributed by atoms with Crippen LogP contribution < -0.4 is 4.74 Å². The first-order valence-electron chi connectivity index (χ1n) is 5.68. The second-order valence-corrected chi connectivity index (χ2v) is 4.72. The van der Waals surface area contributed by atoms with Crippen molar-refractivity contribution in [2.75, 3.05) is 13.7 Å². The summed E-state index contributed by atoms with van der Waals surface area (Å²) in [5.74, 6) is 0.675. The van der Waals surface area contributed by atoms with Gasteiger partial charge in [-0.25, -0.2) is 0 Å². The van der Waals surface area contributed by atoms with Crippen LogP contribution in [-0.2, 0) is 9.53 Å². The standard InChI is InChI=1S/C13H18O3S/c1-4-12(13(14)16-5-2)17-11-8-6-10(15-3)7-9-11/h6-9,12H,4-5H2,1-3H3. The van der Waals surface area contributed by atoms with Crippen LogP contribution in [0.5, 0.6) is 5.75 Å². The van der Waals surface area contributed by atoms with Crippen molar-refractivity contribution in [1.29, 1.82) is 0 Å². The van der Waals surface area contributed by atoms with E-state index in [0.29, 0.717) is 6.61 Å². The molecular formula is C13H18O3S. The Bertz CT molecular complexity index is 348. The van der Waals surface area contributed by atoms with E-state index in [1.807, 2.05) is 38.1 Å². The van der Waals surface area contributed by atoms with E-state index in [4.69, 9.17) is 9.47 Å². The molecule has 0 aliphatic heterocycles. The molecule has 0 aliphatic rings. The third-order valence-corrected chi connectivity index (χ3v) is 3.61. The van der Waals surface area contributed by atoms with Crippen LogP contribution in [0.3, 0.4) is 0 Å². The fraction of sp³-hybridized carbons (Fsp3) is 0.462. The molecule has 1 aromatic rings. The molecule has 0 aliphatic carbocycles. The lowest BCUT2D eigenvalue weighted by Gasteiger charge is -2.13. The minimum absolute atomic E-state index is 0.136. The Balaban J connectivity index is 2.63. The molecule has 3 nitrogen and oxygen atoms in total. The molecule has 0 saturated carbocycles. The number of ether oxygens (including phenoxy) is 2. The maximum Gasteiger partial charge on any atom is 0.319 e. The second-order valence-electron chi connectivity index (χ2n) is 3.44. The largest absolute Gasteiger partial charge is 0.497 e. The summed E-state index contributed by atoms with van der Waals surface area (Å²) >= 11 is 1.53. The van der Waals surface area contributed by atoms with E-state index in [2.05, 4.69) is 0 Å². The summed E-state index contributed by atoms with van der Waals surface area (Å²) in [6.07, 6.45) is 0.759. The van der Waals surface area contributed by atoms with Gasteiger partial charge in [0.2, 0.25) is 0 Å². The molecule has 0 saturated heterocycles. The van der Waals surface area contributed by atoms with Crippen LogP contribution in [0.15, 0.2) is 29.2 Å². The summed E-state index contributed by atoms with van der Waals surface area (Å²) in [7, 11) is 1.63. The van der Waals surface area contributed by atoms with Gasteiger partial charge in [0.15, 0.2) is 0 Å². The van der Waals surface area contributed by atoms with Gasteiger partial charge in [0.05, 0.1) is 13.7 Å². The minimum atomic E-state index is -0.143. The summed E-state index contributed by atoms with van der Waals surface area (Å²) in [5.41, 5.74) is 0. The fourth-order valence-electron chi connectivity index (χ4n) is 1.35. The van der Waals surface area contributed by atoms with Crippen molar-refractivity contribution in [3.05, 3.63) is 24.3 Å². The number of esters is 1. The average molecular weight is 254 g/mol. The molecule has 0 aromatic heterocycles. The quantitative estimate of drug-likeness (QED) is 0.577. The molecule has 0 spiro atoms. The summed E-state index contributed by atoms with van der Waals surface area (Å²) in [6, 6.07) is 7.68. The topological polar surface area (TPSA) is 35.5 Å². The lowest BCUT2D eigenvalue weighted by molar-refractivity contribution is -0.142. The third kappa shape index (κ3) is 4.30. The molecule has 4 heteroatoms. The number of benzene rings is 1. The SMILES string of the molecule is CCOC(=O)C(CC)Sc1ccc(OC)cc1. The molecule has 1 rings (SSSR count). The molecule has 1 aromatic carbocycles. The van der Waals surface area contributed by atoms with Crippen LogP contribution in [0, 0.1) is 0 Å². The average Bonchev–Trinajstić information content (AvgIpc) is 2.37. The number of thioether (sulfide) groups is 1. The van der Waals surface area contributed by atoms with Crippen LogP contribution in [-0.4, -0.2) is 24.9 Å². The van der Waals surface area contributed by atoms with Gasteiger partial charge in [-0.1, -0.05) is 6.92 Å². The van der Waals surface area contributed by atoms with E-state index in [1.54, 1.807) is 7.11 Å². The van der Waals surface area contributed by atoms with Gasteiger partial charge in [0.25, 0.3) is 0 Å². The predicted molar refractivity (Wildman–Crippen MR) is 69.6 cm³/mol. The van der Waals surface area contributed by atoms with E-state index in [9.17, 15) is 4.79 Å². The third-order valence-electron chi connectivity index (χ3n) is 2.26. The summed E-state index contributed by atoms with van der Waals surface area (Å²) in [4.78, 5) is 12.7. The number of carbonyl (C=O) groups excluding carboxylic acids is 1. The lowest BCUT2D eigenvalue weighted by Crippen LogP contribution is -2.19. The summed E-state index contributed by atoms with van der Waals surface area (Å²) < 4.78 is 10.1. The van der Waals surface area contributed by atoms with E-state index in [-0.39, 0.29) is 11.2 Å². The first-order chi connectivity index (χ1) is 8.21. The van der Waals surface area contributed by atoms with Gasteiger partial charge in [-0.15, -0.1) is 11.8 Å². The number of hydrogen-bond acceptors (Lipinski definition) is 4. The van der Waals surface area contributed by atoms with E-state index in [1.165, 1.54) is 11.8 Å². The number of hydrogen-bond donors (Lipinski definition) is 0. The van der Waals surface area contributed by atoms with Crippen molar-refractivity contribution < 1.29 is 14.3 Å². The highest BCUT2D eigenvalue weighted by Gasteiger charge is 2.18. The van der Waals surface area contributed by atoms with Crippen LogP contribution in [0.1, 0.15) is 20.3 Å². The van der Waals surface area contributed by atoms with E-state index < -0.39 is 0 Å². The van der Waals surface area contributed by atoms with Crippen molar-refractivity contribution in [3.8, 4) is 5.75 Å². The molecule has 0 amide bonds. The molecule has 0 fully saturated rings. The highest BCUT2D eigenvalue weighted by atomic mass is 32.2.